The Kier molecular flexibility index (Phi) is 3.06. The van der Waals surface area contributed by atoms with Crippen LogP contribution in [-0.4, -0.2) is 22.6 Å². The van der Waals surface area contributed by atoms with Gasteiger partial charge in [-0.2, -0.15) is 0 Å². The first-order valence-corrected chi connectivity index (χ1v) is 5.30. The predicted octanol–water partition coefficient (Wildman–Crippen LogP) is 1.01. The van der Waals surface area contributed by atoms with E-state index in [1.807, 2.05) is 30.5 Å². The molecule has 87 valence electrons. The lowest BCUT2D eigenvalue weighted by molar-refractivity contribution is -0.134. The number of Topliss-reactive ketones (excluding diaryl/α,β-unsaturated/α-hetero) is 2. The van der Waals surface area contributed by atoms with Crippen molar-refractivity contribution in [1.29, 1.82) is 0 Å². The number of nitrogens with one attached hydrogen (secondary N) is 1. The molecular formula is C13H13N2O2. The third kappa shape index (κ3) is 2.26. The highest BCUT2D eigenvalue weighted by Gasteiger charge is 2.19. The van der Waals surface area contributed by atoms with Crippen LogP contribution in [0.1, 0.15) is 5.56 Å². The number of hydrogen-bond acceptors (Lipinski definition) is 3. The van der Waals surface area contributed by atoms with Crippen molar-refractivity contribution >= 4 is 22.5 Å². The number of hydrogen-bond donors (Lipinski definition) is 2. The minimum atomic E-state index is -0.820. The molecule has 2 rings (SSSR count). The van der Waals surface area contributed by atoms with Gasteiger partial charge in [0.1, 0.15) is 0 Å². The van der Waals surface area contributed by atoms with E-state index in [-0.39, 0.29) is 0 Å². The van der Waals surface area contributed by atoms with E-state index in [0.29, 0.717) is 6.42 Å². The molecule has 1 atom stereocenters. The Bertz CT molecular complexity index is 572. The molecule has 0 aliphatic heterocycles. The zero-order valence-electron chi connectivity index (χ0n) is 9.27. The molecule has 0 aliphatic rings. The lowest BCUT2D eigenvalue weighted by Gasteiger charge is -2.07. The van der Waals surface area contributed by atoms with Crippen LogP contribution >= 0.6 is 0 Å². The number of benzene rings is 1. The topological polar surface area (TPSA) is 75.9 Å². The molecule has 0 spiro atoms. The van der Waals surface area contributed by atoms with Crippen molar-refractivity contribution in [1.82, 2.24) is 4.98 Å². The van der Waals surface area contributed by atoms with E-state index < -0.39 is 17.6 Å². The van der Waals surface area contributed by atoms with Crippen molar-refractivity contribution in [3.8, 4) is 0 Å². The van der Waals surface area contributed by atoms with Gasteiger partial charge < -0.3 is 10.7 Å². The smallest absolute Gasteiger partial charge is 0.215 e. The predicted molar refractivity (Wildman–Crippen MR) is 65.3 cm³/mol. The molecule has 17 heavy (non-hydrogen) atoms. The van der Waals surface area contributed by atoms with Crippen LogP contribution in [0.4, 0.5) is 0 Å². The Morgan fingerprint density at radius 1 is 1.35 bits per heavy atom. The fourth-order valence-corrected chi connectivity index (χ4v) is 1.84. The molecule has 0 aliphatic carbocycles. The summed E-state index contributed by atoms with van der Waals surface area (Å²) in [6.07, 6.45) is 2.15. The van der Waals surface area contributed by atoms with Crippen LogP contribution in [0.25, 0.3) is 10.9 Å². The summed E-state index contributed by atoms with van der Waals surface area (Å²) in [7, 11) is 0. The van der Waals surface area contributed by atoms with E-state index in [9.17, 15) is 9.59 Å². The summed E-state index contributed by atoms with van der Waals surface area (Å²) in [6, 6.07) is 6.91. The summed E-state index contributed by atoms with van der Waals surface area (Å²) in [4.78, 5) is 25.3. The van der Waals surface area contributed by atoms with E-state index >= 15 is 0 Å². The monoisotopic (exact) mass is 229 g/mol. The van der Waals surface area contributed by atoms with Crippen LogP contribution in [0, 0.1) is 6.92 Å². The first kappa shape index (κ1) is 11.5. The average molecular weight is 229 g/mol. The molecule has 1 aromatic carbocycles. The molecule has 0 amide bonds. The normalized spacial score (nSPS) is 12.6. The molecule has 4 nitrogen and oxygen atoms in total. The fourth-order valence-electron chi connectivity index (χ4n) is 1.84. The Balaban J connectivity index is 2.24. The van der Waals surface area contributed by atoms with Crippen LogP contribution in [-0.2, 0) is 16.0 Å². The number of ketones is 2. The van der Waals surface area contributed by atoms with Gasteiger partial charge >= 0.3 is 0 Å². The molecular weight excluding hydrogens is 216 g/mol. The number of para-hydroxylation sites is 1. The first-order chi connectivity index (χ1) is 8.09. The van der Waals surface area contributed by atoms with Crippen molar-refractivity contribution in [3.63, 3.8) is 0 Å². The summed E-state index contributed by atoms with van der Waals surface area (Å²) in [6.45, 7) is 3.07. The molecule has 4 heteroatoms. The van der Waals surface area contributed by atoms with Crippen LogP contribution in [0.5, 0.6) is 0 Å². The third-order valence-electron chi connectivity index (χ3n) is 2.73. The summed E-state index contributed by atoms with van der Waals surface area (Å²) >= 11 is 0. The lowest BCUT2D eigenvalue weighted by atomic mass is 10.0. The number of nitrogens with two attached hydrogens (primary N) is 1. The van der Waals surface area contributed by atoms with Crippen molar-refractivity contribution in [2.45, 2.75) is 12.5 Å². The lowest BCUT2D eigenvalue weighted by Crippen LogP contribution is -2.36. The number of fused-ring (bicyclic) bond motifs is 1. The number of rotatable bonds is 4. The number of carbonyl (C=O) groups excluding carboxylic acids is 2. The Morgan fingerprint density at radius 3 is 2.76 bits per heavy atom. The van der Waals surface area contributed by atoms with Gasteiger partial charge in [-0.3, -0.25) is 9.59 Å². The second-order valence-electron chi connectivity index (χ2n) is 3.96. The van der Waals surface area contributed by atoms with Gasteiger partial charge in [0.05, 0.1) is 6.04 Å². The highest BCUT2D eigenvalue weighted by Crippen LogP contribution is 2.18. The fraction of sp³-hybridized carbons (Fsp3) is 0.154. The summed E-state index contributed by atoms with van der Waals surface area (Å²) in [5.41, 5.74) is 7.60. The van der Waals surface area contributed by atoms with E-state index in [4.69, 9.17) is 5.73 Å². The maximum Gasteiger partial charge on any atom is 0.215 e. The number of carbonyl (C=O) groups is 2. The van der Waals surface area contributed by atoms with E-state index in [1.165, 1.54) is 0 Å². The largest absolute Gasteiger partial charge is 0.361 e. The number of aromatic nitrogens is 1. The third-order valence-corrected chi connectivity index (χ3v) is 2.73. The molecule has 0 saturated heterocycles. The van der Waals surface area contributed by atoms with Crippen molar-refractivity contribution in [2.75, 3.05) is 0 Å². The number of aromatic amines is 1. The van der Waals surface area contributed by atoms with E-state index in [1.54, 1.807) is 0 Å². The van der Waals surface area contributed by atoms with Gasteiger partial charge in [0.25, 0.3) is 0 Å². The molecule has 3 N–H and O–H groups in total. The van der Waals surface area contributed by atoms with E-state index in [2.05, 4.69) is 11.9 Å². The Hall–Kier alpha value is -1.94. The van der Waals surface area contributed by atoms with Crippen LogP contribution < -0.4 is 5.73 Å². The molecule has 0 unspecified atom stereocenters. The zero-order chi connectivity index (χ0) is 12.4. The standard InChI is InChI=1S/C13H13N2O2/c1-8(16)13(17)11(14)6-9-7-15-12-5-3-2-4-10(9)12/h2-5,7,11,15H,1,6,14H2/t11-/m0/s1. The van der Waals surface area contributed by atoms with Gasteiger partial charge in [0.15, 0.2) is 0 Å². The molecule has 1 heterocycles. The maximum atomic E-state index is 11.4. The molecule has 1 aromatic heterocycles. The Morgan fingerprint density at radius 2 is 2.06 bits per heavy atom. The van der Waals surface area contributed by atoms with Gasteiger partial charge in [-0.15, -0.1) is 0 Å². The minimum absolute atomic E-state index is 0.337. The summed E-state index contributed by atoms with van der Waals surface area (Å²) < 4.78 is 0. The van der Waals surface area contributed by atoms with Crippen LogP contribution in [0.3, 0.4) is 0 Å². The highest BCUT2D eigenvalue weighted by atomic mass is 16.2. The van der Waals surface area contributed by atoms with Gasteiger partial charge in [-0.25, -0.2) is 0 Å². The van der Waals surface area contributed by atoms with Gasteiger partial charge in [-0.1, -0.05) is 18.2 Å². The first-order valence-electron chi connectivity index (χ1n) is 5.30. The van der Waals surface area contributed by atoms with Crippen molar-refractivity contribution in [3.05, 3.63) is 42.9 Å². The van der Waals surface area contributed by atoms with Crippen molar-refractivity contribution < 1.29 is 9.59 Å². The zero-order valence-corrected chi connectivity index (χ0v) is 9.27. The molecule has 2 aromatic rings. The summed E-state index contributed by atoms with van der Waals surface area (Å²) in [5, 5.41) is 1.02. The number of H-pyrrole nitrogens is 1. The average Bonchev–Trinajstić information content (AvgIpc) is 2.71. The van der Waals surface area contributed by atoms with Crippen molar-refractivity contribution in [2.24, 2.45) is 5.73 Å². The molecule has 0 fully saturated rings. The van der Waals surface area contributed by atoms with Crippen LogP contribution in [0.15, 0.2) is 30.5 Å². The maximum absolute atomic E-state index is 11.4. The van der Waals surface area contributed by atoms with Gasteiger partial charge in [0.2, 0.25) is 11.6 Å². The van der Waals surface area contributed by atoms with Gasteiger partial charge in [0, 0.05) is 24.0 Å². The minimum Gasteiger partial charge on any atom is -0.361 e. The second kappa shape index (κ2) is 4.51. The van der Waals surface area contributed by atoms with Crippen LogP contribution in [0.2, 0.25) is 0 Å². The molecule has 0 saturated carbocycles. The Labute approximate surface area is 98.8 Å². The molecule has 1 radical (unpaired) electrons. The summed E-state index contributed by atoms with van der Waals surface area (Å²) in [5.74, 6) is -1.37. The highest BCUT2D eigenvalue weighted by molar-refractivity contribution is 6.40. The quantitative estimate of drug-likeness (QED) is 0.768. The second-order valence-corrected chi connectivity index (χ2v) is 3.96. The molecule has 0 bridgehead atoms. The van der Waals surface area contributed by atoms with Gasteiger partial charge in [-0.05, 0) is 18.1 Å². The SMILES string of the molecule is [CH2]C(=O)C(=O)[C@@H](N)Cc1c[nH]c2ccccc12. The van der Waals surface area contributed by atoms with E-state index in [0.717, 1.165) is 16.5 Å².